The van der Waals surface area contributed by atoms with Gasteiger partial charge in [-0.3, -0.25) is 9.69 Å². The van der Waals surface area contributed by atoms with Crippen molar-refractivity contribution >= 4 is 22.2 Å². The van der Waals surface area contributed by atoms with E-state index in [2.05, 4.69) is 29.4 Å². The summed E-state index contributed by atoms with van der Waals surface area (Å²) in [5.74, 6) is 0.138. The highest BCUT2D eigenvalue weighted by molar-refractivity contribution is 7.16. The molecule has 0 radical (unpaired) electrons. The first-order valence-corrected chi connectivity index (χ1v) is 9.10. The monoisotopic (exact) mass is 343 g/mol. The van der Waals surface area contributed by atoms with E-state index in [-0.39, 0.29) is 11.7 Å². The Morgan fingerprint density at radius 3 is 2.83 bits per heavy atom. The first-order valence-electron chi connectivity index (χ1n) is 8.28. The molecule has 0 fully saturated rings. The lowest BCUT2D eigenvalue weighted by molar-refractivity contribution is 0.0934. The SMILES string of the molecule is CC(C)N1CCc2c(sc3c2C(=O)N[C@@H](c2ccccc2O)N3)C1. The number of nitrogens with one attached hydrogen (secondary N) is 2. The number of carbonyl (C=O) groups excluding carboxylic acids is 1. The van der Waals surface area contributed by atoms with E-state index in [9.17, 15) is 9.90 Å². The summed E-state index contributed by atoms with van der Waals surface area (Å²) in [6.45, 7) is 6.31. The van der Waals surface area contributed by atoms with Crippen LogP contribution in [-0.4, -0.2) is 28.5 Å². The summed E-state index contributed by atoms with van der Waals surface area (Å²) in [4.78, 5) is 16.4. The average molecular weight is 343 g/mol. The number of carbonyl (C=O) groups is 1. The molecule has 0 aliphatic carbocycles. The normalized spacial score (nSPS) is 20.3. The van der Waals surface area contributed by atoms with E-state index in [0.717, 1.165) is 30.1 Å². The van der Waals surface area contributed by atoms with E-state index in [1.54, 1.807) is 23.5 Å². The van der Waals surface area contributed by atoms with Gasteiger partial charge in [-0.25, -0.2) is 0 Å². The minimum absolute atomic E-state index is 0.0486. The third kappa shape index (κ3) is 2.46. The van der Waals surface area contributed by atoms with Gasteiger partial charge in [-0.2, -0.15) is 0 Å². The van der Waals surface area contributed by atoms with Gasteiger partial charge in [0, 0.05) is 29.6 Å². The molecule has 0 saturated carbocycles. The Bertz CT molecular complexity index is 800. The molecule has 1 amide bonds. The van der Waals surface area contributed by atoms with Crippen molar-refractivity contribution in [2.45, 2.75) is 39.0 Å². The van der Waals surface area contributed by atoms with Crippen molar-refractivity contribution in [3.05, 3.63) is 45.8 Å². The van der Waals surface area contributed by atoms with Crippen LogP contribution >= 0.6 is 11.3 Å². The minimum Gasteiger partial charge on any atom is -0.508 e. The number of anilines is 1. The molecular formula is C18H21N3O2S. The molecule has 2 aliphatic heterocycles. The van der Waals surface area contributed by atoms with Crippen molar-refractivity contribution in [1.29, 1.82) is 0 Å². The third-order valence-corrected chi connectivity index (χ3v) is 5.99. The summed E-state index contributed by atoms with van der Waals surface area (Å²) in [6.07, 6.45) is 0.517. The van der Waals surface area contributed by atoms with E-state index in [1.807, 2.05) is 12.1 Å². The van der Waals surface area contributed by atoms with Crippen molar-refractivity contribution in [3.63, 3.8) is 0 Å². The van der Waals surface area contributed by atoms with Crippen LogP contribution in [0.3, 0.4) is 0 Å². The van der Waals surface area contributed by atoms with E-state index in [1.165, 1.54) is 10.4 Å². The Labute approximate surface area is 145 Å². The second-order valence-corrected chi connectivity index (χ2v) is 7.74. The Hall–Kier alpha value is -2.05. The average Bonchev–Trinajstić information content (AvgIpc) is 2.92. The number of phenolic OH excluding ortho intramolecular Hbond substituents is 1. The lowest BCUT2D eigenvalue weighted by Gasteiger charge is -2.31. The van der Waals surface area contributed by atoms with Gasteiger partial charge in [0.15, 0.2) is 0 Å². The number of rotatable bonds is 2. The lowest BCUT2D eigenvalue weighted by Crippen LogP contribution is -2.39. The topological polar surface area (TPSA) is 64.6 Å². The lowest BCUT2D eigenvalue weighted by atomic mass is 9.99. The van der Waals surface area contributed by atoms with E-state index in [4.69, 9.17) is 0 Å². The zero-order chi connectivity index (χ0) is 16.8. The molecule has 6 heteroatoms. The van der Waals surface area contributed by atoms with Gasteiger partial charge >= 0.3 is 0 Å². The fourth-order valence-electron chi connectivity index (χ4n) is 3.46. The van der Waals surface area contributed by atoms with Gasteiger partial charge in [0.05, 0.1) is 5.56 Å². The molecule has 5 nitrogen and oxygen atoms in total. The van der Waals surface area contributed by atoms with E-state index >= 15 is 0 Å². The molecule has 1 aromatic heterocycles. The number of fused-ring (bicyclic) bond motifs is 3. The number of thiophene rings is 1. The number of nitrogens with zero attached hydrogens (tertiary/aromatic N) is 1. The van der Waals surface area contributed by atoms with Crippen molar-refractivity contribution in [1.82, 2.24) is 10.2 Å². The zero-order valence-corrected chi connectivity index (χ0v) is 14.6. The van der Waals surface area contributed by atoms with Crippen LogP contribution in [0.25, 0.3) is 0 Å². The molecule has 3 N–H and O–H groups in total. The summed E-state index contributed by atoms with van der Waals surface area (Å²) in [5, 5.41) is 17.4. The van der Waals surface area contributed by atoms with E-state index in [0.29, 0.717) is 11.6 Å². The second kappa shape index (κ2) is 5.79. The smallest absolute Gasteiger partial charge is 0.256 e. The van der Waals surface area contributed by atoms with E-state index < -0.39 is 6.17 Å². The molecule has 24 heavy (non-hydrogen) atoms. The van der Waals surface area contributed by atoms with Gasteiger partial charge in [-0.15, -0.1) is 11.3 Å². The first-order chi connectivity index (χ1) is 11.5. The number of phenols is 1. The summed E-state index contributed by atoms with van der Waals surface area (Å²) in [7, 11) is 0. The van der Waals surface area contributed by atoms with Crippen LogP contribution in [0.5, 0.6) is 5.75 Å². The summed E-state index contributed by atoms with van der Waals surface area (Å²) < 4.78 is 0. The molecule has 1 atom stereocenters. The quantitative estimate of drug-likeness (QED) is 0.784. The molecule has 0 spiro atoms. The van der Waals surface area contributed by atoms with Gasteiger partial charge < -0.3 is 15.7 Å². The van der Waals surface area contributed by atoms with Crippen LogP contribution in [0.4, 0.5) is 5.00 Å². The molecule has 0 unspecified atom stereocenters. The molecule has 2 aliphatic rings. The van der Waals surface area contributed by atoms with Crippen molar-refractivity contribution < 1.29 is 9.90 Å². The Morgan fingerprint density at radius 2 is 2.08 bits per heavy atom. The van der Waals surface area contributed by atoms with Crippen molar-refractivity contribution in [2.24, 2.45) is 0 Å². The Balaban J connectivity index is 1.68. The van der Waals surface area contributed by atoms with Crippen molar-refractivity contribution in [3.8, 4) is 5.75 Å². The fraction of sp³-hybridized carbons (Fsp3) is 0.389. The summed E-state index contributed by atoms with van der Waals surface area (Å²) >= 11 is 1.67. The zero-order valence-electron chi connectivity index (χ0n) is 13.8. The first kappa shape index (κ1) is 15.5. The largest absolute Gasteiger partial charge is 0.508 e. The summed E-state index contributed by atoms with van der Waals surface area (Å²) in [5.41, 5.74) is 2.67. The maximum Gasteiger partial charge on any atom is 0.256 e. The van der Waals surface area contributed by atoms with Crippen LogP contribution in [0.15, 0.2) is 24.3 Å². The predicted molar refractivity (Wildman–Crippen MR) is 95.5 cm³/mol. The highest BCUT2D eigenvalue weighted by Gasteiger charge is 2.34. The van der Waals surface area contributed by atoms with Gasteiger partial charge in [0.1, 0.15) is 16.9 Å². The molecule has 1 aromatic carbocycles. The highest BCUT2D eigenvalue weighted by Crippen LogP contribution is 2.41. The molecule has 126 valence electrons. The number of hydrogen-bond donors (Lipinski definition) is 3. The standard InChI is InChI=1S/C18H21N3O2S/c1-10(2)21-8-7-12-14(9-21)24-18-15(12)17(23)19-16(20-18)11-5-3-4-6-13(11)22/h3-6,10,16,20,22H,7-9H2,1-2H3,(H,19,23)/t16-/m1/s1. The molecule has 0 saturated heterocycles. The van der Waals surface area contributed by atoms with Crippen LogP contribution in [0, 0.1) is 0 Å². The highest BCUT2D eigenvalue weighted by atomic mass is 32.1. The third-order valence-electron chi connectivity index (χ3n) is 4.84. The van der Waals surface area contributed by atoms with Gasteiger partial charge in [-0.1, -0.05) is 18.2 Å². The van der Waals surface area contributed by atoms with Gasteiger partial charge in [0.2, 0.25) is 0 Å². The minimum atomic E-state index is -0.396. The Morgan fingerprint density at radius 1 is 1.29 bits per heavy atom. The fourth-order valence-corrected chi connectivity index (χ4v) is 4.76. The molecule has 2 aromatic rings. The number of aromatic hydroxyl groups is 1. The molecule has 0 bridgehead atoms. The van der Waals surface area contributed by atoms with Crippen LogP contribution < -0.4 is 10.6 Å². The molecule has 3 heterocycles. The van der Waals surface area contributed by atoms with Gasteiger partial charge in [-0.05, 0) is 31.9 Å². The number of benzene rings is 1. The molecular weight excluding hydrogens is 322 g/mol. The number of hydrogen-bond acceptors (Lipinski definition) is 5. The summed E-state index contributed by atoms with van der Waals surface area (Å²) in [6, 6.07) is 7.61. The maximum absolute atomic E-state index is 12.7. The number of para-hydroxylation sites is 1. The van der Waals surface area contributed by atoms with Crippen molar-refractivity contribution in [2.75, 3.05) is 11.9 Å². The molecule has 4 rings (SSSR count). The Kier molecular flexibility index (Phi) is 3.73. The maximum atomic E-state index is 12.7. The second-order valence-electron chi connectivity index (χ2n) is 6.63. The van der Waals surface area contributed by atoms with Crippen LogP contribution in [-0.2, 0) is 13.0 Å². The van der Waals surface area contributed by atoms with Crippen LogP contribution in [0.1, 0.15) is 46.4 Å². The van der Waals surface area contributed by atoms with Gasteiger partial charge in [0.25, 0.3) is 5.91 Å². The number of amides is 1. The predicted octanol–water partition coefficient (Wildman–Crippen LogP) is 3.07. The van der Waals surface area contributed by atoms with Crippen LogP contribution in [0.2, 0.25) is 0 Å².